The van der Waals surface area contributed by atoms with E-state index in [9.17, 15) is 10.1 Å². The van der Waals surface area contributed by atoms with Gasteiger partial charge in [-0.3, -0.25) is 10.1 Å². The van der Waals surface area contributed by atoms with Gasteiger partial charge in [-0.05, 0) is 24.8 Å². The molecular formula is C7H7NO2S. The van der Waals surface area contributed by atoms with Crippen molar-refractivity contribution in [3.8, 4) is 0 Å². The third-order valence-corrected chi connectivity index (χ3v) is 2.97. The fourth-order valence-electron chi connectivity index (χ4n) is 1.03. The first-order valence-corrected chi connectivity index (χ1v) is 4.33. The van der Waals surface area contributed by atoms with E-state index in [1.807, 2.05) is 6.07 Å². The highest BCUT2D eigenvalue weighted by molar-refractivity contribution is 7.15. The second-order valence-corrected chi connectivity index (χ2v) is 3.80. The number of thiophene rings is 1. The lowest BCUT2D eigenvalue weighted by atomic mass is 10.3. The number of nitro groups is 1. The van der Waals surface area contributed by atoms with E-state index in [1.165, 1.54) is 29.1 Å². The zero-order valence-corrected chi connectivity index (χ0v) is 6.63. The van der Waals surface area contributed by atoms with Crippen molar-refractivity contribution in [3.05, 3.63) is 27.1 Å². The Bertz CT molecular complexity index is 290. The van der Waals surface area contributed by atoms with Crippen molar-refractivity contribution < 1.29 is 4.92 Å². The molecule has 3 nitrogen and oxygen atoms in total. The highest BCUT2D eigenvalue weighted by atomic mass is 32.1. The van der Waals surface area contributed by atoms with Crippen LogP contribution in [0, 0.1) is 10.1 Å². The smallest absolute Gasteiger partial charge is 0.258 e. The molecule has 1 aliphatic rings. The molecule has 0 saturated heterocycles. The number of hydrogen-bond acceptors (Lipinski definition) is 3. The molecule has 1 saturated carbocycles. The maximum Gasteiger partial charge on any atom is 0.324 e. The zero-order valence-electron chi connectivity index (χ0n) is 5.82. The van der Waals surface area contributed by atoms with Gasteiger partial charge in [0.2, 0.25) is 0 Å². The summed E-state index contributed by atoms with van der Waals surface area (Å²) in [7, 11) is 0. The minimum Gasteiger partial charge on any atom is -0.258 e. The van der Waals surface area contributed by atoms with Crippen LogP contribution in [0.3, 0.4) is 0 Å². The first-order chi connectivity index (χ1) is 5.27. The minimum atomic E-state index is -0.323. The molecule has 0 aromatic carbocycles. The van der Waals surface area contributed by atoms with Crippen LogP contribution in [0.1, 0.15) is 23.6 Å². The fraction of sp³-hybridized carbons (Fsp3) is 0.429. The second kappa shape index (κ2) is 2.30. The lowest BCUT2D eigenvalue weighted by Crippen LogP contribution is -1.80. The van der Waals surface area contributed by atoms with Crippen molar-refractivity contribution in [2.75, 3.05) is 0 Å². The Kier molecular flexibility index (Phi) is 1.42. The quantitative estimate of drug-likeness (QED) is 0.504. The molecule has 1 aromatic rings. The van der Waals surface area contributed by atoms with Gasteiger partial charge in [0.05, 0.1) is 4.92 Å². The first-order valence-electron chi connectivity index (χ1n) is 3.51. The number of rotatable bonds is 2. The normalized spacial score (nSPS) is 16.7. The third kappa shape index (κ3) is 1.26. The molecule has 11 heavy (non-hydrogen) atoms. The molecule has 0 aliphatic heterocycles. The Balaban J connectivity index is 2.25. The van der Waals surface area contributed by atoms with Crippen molar-refractivity contribution >= 4 is 16.3 Å². The molecule has 2 rings (SSSR count). The van der Waals surface area contributed by atoms with Gasteiger partial charge in [-0.25, -0.2) is 0 Å². The van der Waals surface area contributed by atoms with E-state index in [4.69, 9.17) is 0 Å². The van der Waals surface area contributed by atoms with E-state index in [0.717, 1.165) is 0 Å². The molecule has 4 heteroatoms. The van der Waals surface area contributed by atoms with Crippen molar-refractivity contribution in [1.29, 1.82) is 0 Å². The molecule has 0 N–H and O–H groups in total. The summed E-state index contributed by atoms with van der Waals surface area (Å²) in [5, 5.41) is 10.5. The molecule has 0 amide bonds. The van der Waals surface area contributed by atoms with Crippen LogP contribution < -0.4 is 0 Å². The molecular weight excluding hydrogens is 162 g/mol. The monoisotopic (exact) mass is 169 g/mol. The van der Waals surface area contributed by atoms with Crippen molar-refractivity contribution in [3.63, 3.8) is 0 Å². The highest BCUT2D eigenvalue weighted by Gasteiger charge is 2.26. The maximum absolute atomic E-state index is 10.3. The molecule has 0 bridgehead atoms. The molecule has 58 valence electrons. The topological polar surface area (TPSA) is 43.1 Å². The predicted octanol–water partition coefficient (Wildman–Crippen LogP) is 2.53. The highest BCUT2D eigenvalue weighted by Crippen LogP contribution is 2.44. The van der Waals surface area contributed by atoms with Gasteiger partial charge in [0.25, 0.3) is 0 Å². The predicted molar refractivity (Wildman–Crippen MR) is 42.9 cm³/mol. The Hall–Kier alpha value is -0.900. The molecule has 0 unspecified atom stereocenters. The van der Waals surface area contributed by atoms with E-state index in [-0.39, 0.29) is 9.92 Å². The van der Waals surface area contributed by atoms with Gasteiger partial charge in [0.15, 0.2) is 0 Å². The van der Waals surface area contributed by atoms with Gasteiger partial charge in [0.1, 0.15) is 0 Å². The summed E-state index contributed by atoms with van der Waals surface area (Å²) < 4.78 is 0. The molecule has 1 aromatic heterocycles. The van der Waals surface area contributed by atoms with Crippen LogP contribution in [0.4, 0.5) is 5.00 Å². The first kappa shape index (κ1) is 6.79. The standard InChI is InChI=1S/C7H7NO2S/c9-8(10)7-4-3-6(11-7)5-1-2-5/h3-5H,1-2H2. The average Bonchev–Trinajstić information content (AvgIpc) is 2.68. The third-order valence-electron chi connectivity index (χ3n) is 1.77. The summed E-state index contributed by atoms with van der Waals surface area (Å²) in [4.78, 5) is 11.1. The summed E-state index contributed by atoms with van der Waals surface area (Å²) in [6, 6.07) is 3.47. The summed E-state index contributed by atoms with van der Waals surface area (Å²) >= 11 is 1.31. The Morgan fingerprint density at radius 1 is 1.55 bits per heavy atom. The summed E-state index contributed by atoms with van der Waals surface area (Å²) in [5.41, 5.74) is 0. The second-order valence-electron chi connectivity index (χ2n) is 2.71. The van der Waals surface area contributed by atoms with Crippen LogP contribution in [0.15, 0.2) is 12.1 Å². The van der Waals surface area contributed by atoms with Crippen molar-refractivity contribution in [1.82, 2.24) is 0 Å². The zero-order chi connectivity index (χ0) is 7.84. The van der Waals surface area contributed by atoms with E-state index in [2.05, 4.69) is 0 Å². The summed E-state index contributed by atoms with van der Waals surface area (Å²) in [6.07, 6.45) is 2.41. The van der Waals surface area contributed by atoms with E-state index < -0.39 is 0 Å². The van der Waals surface area contributed by atoms with Crippen LogP contribution in [0.2, 0.25) is 0 Å². The van der Waals surface area contributed by atoms with Crippen molar-refractivity contribution in [2.45, 2.75) is 18.8 Å². The van der Waals surface area contributed by atoms with Crippen LogP contribution in [0.5, 0.6) is 0 Å². The summed E-state index contributed by atoms with van der Waals surface area (Å²) in [5.74, 6) is 0.633. The fourth-order valence-corrected chi connectivity index (χ4v) is 2.02. The minimum absolute atomic E-state index is 0.270. The molecule has 1 aliphatic carbocycles. The number of nitrogens with zero attached hydrogens (tertiary/aromatic N) is 1. The van der Waals surface area contributed by atoms with Gasteiger partial charge in [0, 0.05) is 10.9 Å². The molecule has 1 heterocycles. The van der Waals surface area contributed by atoms with E-state index in [0.29, 0.717) is 5.92 Å². The van der Waals surface area contributed by atoms with E-state index >= 15 is 0 Å². The van der Waals surface area contributed by atoms with Gasteiger partial charge in [-0.2, -0.15) is 0 Å². The Morgan fingerprint density at radius 3 is 2.73 bits per heavy atom. The lowest BCUT2D eigenvalue weighted by molar-refractivity contribution is -0.380. The molecule has 0 spiro atoms. The van der Waals surface area contributed by atoms with E-state index in [1.54, 1.807) is 6.07 Å². The van der Waals surface area contributed by atoms with Crippen LogP contribution in [-0.4, -0.2) is 4.92 Å². The SMILES string of the molecule is O=[N+]([O-])c1ccc(C2CC2)s1. The van der Waals surface area contributed by atoms with Crippen molar-refractivity contribution in [2.24, 2.45) is 0 Å². The lowest BCUT2D eigenvalue weighted by Gasteiger charge is -1.83. The molecule has 0 radical (unpaired) electrons. The maximum atomic E-state index is 10.3. The van der Waals surface area contributed by atoms with Crippen LogP contribution in [0.25, 0.3) is 0 Å². The Morgan fingerprint density at radius 2 is 2.27 bits per heavy atom. The van der Waals surface area contributed by atoms with Gasteiger partial charge < -0.3 is 0 Å². The molecule has 0 atom stereocenters. The van der Waals surface area contributed by atoms with Gasteiger partial charge >= 0.3 is 5.00 Å². The average molecular weight is 169 g/mol. The number of hydrogen-bond donors (Lipinski definition) is 0. The van der Waals surface area contributed by atoms with Crippen LogP contribution >= 0.6 is 11.3 Å². The van der Waals surface area contributed by atoms with Crippen LogP contribution in [-0.2, 0) is 0 Å². The molecule has 1 fully saturated rings. The van der Waals surface area contributed by atoms with Gasteiger partial charge in [-0.1, -0.05) is 11.3 Å². The van der Waals surface area contributed by atoms with Gasteiger partial charge in [-0.15, -0.1) is 0 Å². The Labute approximate surface area is 67.8 Å². The largest absolute Gasteiger partial charge is 0.324 e. The summed E-state index contributed by atoms with van der Waals surface area (Å²) in [6.45, 7) is 0.